The third-order valence-electron chi connectivity index (χ3n) is 1.61. The van der Waals surface area contributed by atoms with E-state index in [1.54, 1.807) is 18.2 Å². The summed E-state index contributed by atoms with van der Waals surface area (Å²) in [5, 5.41) is 12.4. The van der Waals surface area contributed by atoms with Gasteiger partial charge in [-0.1, -0.05) is 0 Å². The van der Waals surface area contributed by atoms with E-state index >= 15 is 0 Å². The van der Waals surface area contributed by atoms with Gasteiger partial charge in [0.15, 0.2) is 11.5 Å². The Labute approximate surface area is 78.3 Å². The van der Waals surface area contributed by atoms with E-state index in [2.05, 4.69) is 5.32 Å². The molecule has 3 nitrogen and oxygen atoms in total. The molecule has 0 heterocycles. The van der Waals surface area contributed by atoms with Gasteiger partial charge in [-0.2, -0.15) is 0 Å². The van der Waals surface area contributed by atoms with Gasteiger partial charge in [-0.3, -0.25) is 0 Å². The molecule has 0 saturated carbocycles. The van der Waals surface area contributed by atoms with Crippen molar-refractivity contribution in [1.82, 2.24) is 0 Å². The Morgan fingerprint density at radius 2 is 2.08 bits per heavy atom. The Kier molecular flexibility index (Phi) is 3.01. The smallest absolute Gasteiger partial charge is 0.163 e. The zero-order valence-electron chi connectivity index (χ0n) is 8.16. The monoisotopic (exact) mass is 181 g/mol. The van der Waals surface area contributed by atoms with Gasteiger partial charge in [0.05, 0.1) is 6.10 Å². The number of phenols is 1. The average Bonchev–Trinajstić information content (AvgIpc) is 2.08. The van der Waals surface area contributed by atoms with Crippen LogP contribution in [0.3, 0.4) is 0 Å². The van der Waals surface area contributed by atoms with Gasteiger partial charge in [-0.15, -0.1) is 0 Å². The molecule has 0 aromatic heterocycles. The molecule has 1 rings (SSSR count). The highest BCUT2D eigenvalue weighted by atomic mass is 16.5. The zero-order valence-corrected chi connectivity index (χ0v) is 8.16. The molecule has 1 aromatic rings. The summed E-state index contributed by atoms with van der Waals surface area (Å²) in [5.41, 5.74) is 0.924. The lowest BCUT2D eigenvalue weighted by Gasteiger charge is -2.12. The van der Waals surface area contributed by atoms with Crippen molar-refractivity contribution in [1.29, 1.82) is 0 Å². The minimum atomic E-state index is 0.0676. The fourth-order valence-electron chi connectivity index (χ4n) is 1.02. The number of hydrogen-bond acceptors (Lipinski definition) is 3. The molecule has 72 valence electrons. The summed E-state index contributed by atoms with van der Waals surface area (Å²) in [6.45, 7) is 3.84. The molecule has 0 aliphatic heterocycles. The van der Waals surface area contributed by atoms with Crippen LogP contribution >= 0.6 is 0 Å². The highest BCUT2D eigenvalue weighted by Gasteiger charge is 2.04. The number of phenolic OH excluding ortho intramolecular Hbond substituents is 1. The fourth-order valence-corrected chi connectivity index (χ4v) is 1.02. The lowest BCUT2D eigenvalue weighted by atomic mass is 10.2. The predicted molar refractivity (Wildman–Crippen MR) is 53.4 cm³/mol. The van der Waals surface area contributed by atoms with E-state index in [1.165, 1.54) is 0 Å². The van der Waals surface area contributed by atoms with Gasteiger partial charge < -0.3 is 15.2 Å². The maximum Gasteiger partial charge on any atom is 0.163 e. The van der Waals surface area contributed by atoms with Crippen molar-refractivity contribution in [2.75, 3.05) is 12.4 Å². The molecule has 2 N–H and O–H groups in total. The summed E-state index contributed by atoms with van der Waals surface area (Å²) < 4.78 is 5.40. The van der Waals surface area contributed by atoms with E-state index in [0.717, 1.165) is 5.69 Å². The second kappa shape index (κ2) is 4.03. The third-order valence-corrected chi connectivity index (χ3v) is 1.61. The number of ether oxygens (including phenoxy) is 1. The Bertz CT molecular complexity index is 284. The molecule has 0 atom stereocenters. The largest absolute Gasteiger partial charge is 0.504 e. The fraction of sp³-hybridized carbons (Fsp3) is 0.400. The number of rotatable bonds is 3. The Morgan fingerprint density at radius 1 is 1.38 bits per heavy atom. The van der Waals surface area contributed by atoms with Gasteiger partial charge in [-0.25, -0.2) is 0 Å². The van der Waals surface area contributed by atoms with Crippen LogP contribution in [0.25, 0.3) is 0 Å². The molecule has 0 fully saturated rings. The molecular formula is C10H15NO2. The summed E-state index contributed by atoms with van der Waals surface area (Å²) in [6.07, 6.45) is 0.0676. The number of benzene rings is 1. The molecule has 0 spiro atoms. The van der Waals surface area contributed by atoms with Gasteiger partial charge in [0.25, 0.3) is 0 Å². The van der Waals surface area contributed by atoms with Gasteiger partial charge in [0, 0.05) is 18.8 Å². The van der Waals surface area contributed by atoms with Crippen molar-refractivity contribution in [2.24, 2.45) is 0 Å². The second-order valence-electron chi connectivity index (χ2n) is 3.10. The van der Waals surface area contributed by atoms with E-state index in [9.17, 15) is 5.11 Å². The van der Waals surface area contributed by atoms with Crippen LogP contribution in [0.4, 0.5) is 5.69 Å². The summed E-state index contributed by atoms with van der Waals surface area (Å²) in [5.74, 6) is 0.689. The lowest BCUT2D eigenvalue weighted by molar-refractivity contribution is 0.232. The predicted octanol–water partition coefficient (Wildman–Crippen LogP) is 2.22. The number of aromatic hydroxyl groups is 1. The van der Waals surface area contributed by atoms with Crippen LogP contribution in [0.5, 0.6) is 11.5 Å². The van der Waals surface area contributed by atoms with E-state index < -0.39 is 0 Å². The molecule has 0 radical (unpaired) electrons. The normalized spacial score (nSPS) is 10.2. The molecule has 1 aromatic carbocycles. The van der Waals surface area contributed by atoms with E-state index in [0.29, 0.717) is 5.75 Å². The third kappa shape index (κ3) is 2.54. The van der Waals surface area contributed by atoms with E-state index in [-0.39, 0.29) is 11.9 Å². The highest BCUT2D eigenvalue weighted by molar-refractivity contribution is 5.53. The Balaban J connectivity index is 2.90. The van der Waals surface area contributed by atoms with Crippen LogP contribution in [0.2, 0.25) is 0 Å². The molecule has 0 bridgehead atoms. The summed E-state index contributed by atoms with van der Waals surface area (Å²) in [7, 11) is 1.82. The molecule has 0 saturated heterocycles. The SMILES string of the molecule is CNc1ccc(O)c(OC(C)C)c1. The molecule has 13 heavy (non-hydrogen) atoms. The van der Waals surface area contributed by atoms with Gasteiger partial charge in [0.2, 0.25) is 0 Å². The first kappa shape index (κ1) is 9.71. The van der Waals surface area contributed by atoms with Crippen LogP contribution in [-0.4, -0.2) is 18.3 Å². The molecule has 0 aliphatic carbocycles. The van der Waals surface area contributed by atoms with Gasteiger partial charge in [0.1, 0.15) is 0 Å². The topological polar surface area (TPSA) is 41.5 Å². The van der Waals surface area contributed by atoms with E-state index in [4.69, 9.17) is 4.74 Å². The summed E-state index contributed by atoms with van der Waals surface area (Å²) >= 11 is 0. The molecule has 0 unspecified atom stereocenters. The van der Waals surface area contributed by atoms with Crippen molar-refractivity contribution in [3.63, 3.8) is 0 Å². The lowest BCUT2D eigenvalue weighted by Crippen LogP contribution is -2.05. The number of anilines is 1. The van der Waals surface area contributed by atoms with Crippen molar-refractivity contribution in [3.05, 3.63) is 18.2 Å². The second-order valence-corrected chi connectivity index (χ2v) is 3.10. The van der Waals surface area contributed by atoms with Crippen molar-refractivity contribution < 1.29 is 9.84 Å². The summed E-state index contributed by atoms with van der Waals surface area (Å²) in [4.78, 5) is 0. The molecule has 3 heteroatoms. The van der Waals surface area contributed by atoms with Crippen LogP contribution in [0.15, 0.2) is 18.2 Å². The first-order chi connectivity index (χ1) is 6.13. The van der Waals surface area contributed by atoms with Crippen molar-refractivity contribution in [2.45, 2.75) is 20.0 Å². The van der Waals surface area contributed by atoms with Gasteiger partial charge >= 0.3 is 0 Å². The van der Waals surface area contributed by atoms with Crippen molar-refractivity contribution >= 4 is 5.69 Å². The Hall–Kier alpha value is -1.38. The minimum absolute atomic E-state index is 0.0676. The average molecular weight is 181 g/mol. The van der Waals surface area contributed by atoms with Crippen LogP contribution in [0.1, 0.15) is 13.8 Å². The van der Waals surface area contributed by atoms with Crippen LogP contribution in [-0.2, 0) is 0 Å². The minimum Gasteiger partial charge on any atom is -0.504 e. The molecule has 0 amide bonds. The Morgan fingerprint density at radius 3 is 2.62 bits per heavy atom. The first-order valence-corrected chi connectivity index (χ1v) is 4.31. The quantitative estimate of drug-likeness (QED) is 0.702. The zero-order chi connectivity index (χ0) is 9.84. The van der Waals surface area contributed by atoms with Gasteiger partial charge in [-0.05, 0) is 26.0 Å². The summed E-state index contributed by atoms with van der Waals surface area (Å²) in [6, 6.07) is 5.18. The standard InChI is InChI=1S/C10H15NO2/c1-7(2)13-10-6-8(11-3)4-5-9(10)12/h4-7,11-12H,1-3H3. The molecular weight excluding hydrogens is 166 g/mol. The highest BCUT2D eigenvalue weighted by Crippen LogP contribution is 2.29. The van der Waals surface area contributed by atoms with Crippen molar-refractivity contribution in [3.8, 4) is 11.5 Å². The van der Waals surface area contributed by atoms with E-state index in [1.807, 2.05) is 20.9 Å². The number of nitrogens with one attached hydrogen (secondary N) is 1. The molecule has 0 aliphatic rings. The maximum absolute atomic E-state index is 9.43. The van der Waals surface area contributed by atoms with Crippen LogP contribution < -0.4 is 10.1 Å². The van der Waals surface area contributed by atoms with Crippen LogP contribution in [0, 0.1) is 0 Å². The first-order valence-electron chi connectivity index (χ1n) is 4.31. The number of hydrogen-bond donors (Lipinski definition) is 2. The maximum atomic E-state index is 9.43.